The maximum absolute atomic E-state index is 2.15. The zero-order chi connectivity index (χ0) is 4.00. The molecule has 3 heteroatoms. The third-order valence-corrected chi connectivity index (χ3v) is 0. The summed E-state index contributed by atoms with van der Waals surface area (Å²) in [5.41, 5.74) is 2.00. The second-order valence-corrected chi connectivity index (χ2v) is 0. The predicted molar refractivity (Wildman–Crippen MR) is 31.4 cm³/mol. The summed E-state index contributed by atoms with van der Waals surface area (Å²) in [5, 5.41) is 0. The Hall–Kier alpha value is 1.92. The Bertz CT molecular complexity index is 6.00. The second-order valence-electron chi connectivity index (χ2n) is 0. The summed E-state index contributed by atoms with van der Waals surface area (Å²) >= 11 is 6.12. The van der Waals surface area contributed by atoms with Gasteiger partial charge >= 0.3 is 57.5 Å². The zero-order valence-corrected chi connectivity index (χ0v) is 5.54. The van der Waals surface area contributed by atoms with Crippen molar-refractivity contribution in [3.63, 3.8) is 0 Å². The SMILES string of the molecule is [Li][CH3].[Li][I]. The first-order valence-electron chi connectivity index (χ1n) is 1.38. The van der Waals surface area contributed by atoms with Gasteiger partial charge in [-0.05, 0) is 0 Å². The van der Waals surface area contributed by atoms with Crippen molar-refractivity contribution in [1.29, 1.82) is 0 Å². The van der Waals surface area contributed by atoms with E-state index in [0.29, 0.717) is 0 Å². The van der Waals surface area contributed by atoms with Crippen molar-refractivity contribution in [2.45, 2.75) is 5.60 Å². The molecule has 0 nitrogen and oxygen atoms in total. The van der Waals surface area contributed by atoms with E-state index >= 15 is 0 Å². The number of hydrogen-bond donors (Lipinski definition) is 0. The van der Waals surface area contributed by atoms with Crippen molar-refractivity contribution in [2.24, 2.45) is 0 Å². The minimum absolute atomic E-state index is 1.97. The zero-order valence-electron chi connectivity index (χ0n) is 3.38. The standard InChI is InChI=1S/CH3.HI.2Li/h1H3;1H;;/q;;;+1/p-1. The Balaban J connectivity index is 0. The maximum atomic E-state index is 2.15. The van der Waals surface area contributed by atoms with Gasteiger partial charge in [0.05, 0.1) is 0 Å². The van der Waals surface area contributed by atoms with E-state index in [1.807, 2.05) is 37.6 Å². The van der Waals surface area contributed by atoms with E-state index in [0.717, 1.165) is 0 Å². The summed E-state index contributed by atoms with van der Waals surface area (Å²) in [4.78, 5) is 0. The Morgan fingerprint density at radius 3 is 1.25 bits per heavy atom. The molecule has 0 fully saturated rings. The molecule has 0 aromatic heterocycles. The van der Waals surface area contributed by atoms with Gasteiger partial charge in [-0.1, -0.05) is 0 Å². The Morgan fingerprint density at radius 1 is 1.25 bits per heavy atom. The van der Waals surface area contributed by atoms with Crippen molar-refractivity contribution in [3.8, 4) is 0 Å². The predicted octanol–water partition coefficient (Wildman–Crippen LogP) is 0.708. The molecule has 0 aliphatic heterocycles. The molecule has 0 rings (SSSR count). The van der Waals surface area contributed by atoms with Gasteiger partial charge in [0.15, 0.2) is 0 Å². The van der Waals surface area contributed by atoms with Crippen LogP contribution in [0.15, 0.2) is 0 Å². The molecule has 0 saturated carbocycles. The van der Waals surface area contributed by atoms with Crippen LogP contribution in [0.2, 0.25) is 5.60 Å². The van der Waals surface area contributed by atoms with Crippen molar-refractivity contribution < 1.29 is 0 Å². The molecule has 4 heavy (non-hydrogen) atoms. The van der Waals surface area contributed by atoms with Crippen LogP contribution in [0.3, 0.4) is 0 Å². The third kappa shape index (κ3) is 9.06. The molecule has 0 spiro atoms. The third-order valence-electron chi connectivity index (χ3n) is 0. The van der Waals surface area contributed by atoms with Crippen molar-refractivity contribution in [2.75, 3.05) is 0 Å². The van der Waals surface area contributed by atoms with Crippen LogP contribution in [0.4, 0.5) is 0 Å². The number of rotatable bonds is 0. The molecule has 0 atom stereocenters. The van der Waals surface area contributed by atoms with Crippen LogP contribution in [0, 0.1) is 0 Å². The van der Waals surface area contributed by atoms with E-state index in [-0.39, 0.29) is 0 Å². The molecule has 0 amide bonds. The molecule has 0 aromatic carbocycles. The van der Waals surface area contributed by atoms with Crippen molar-refractivity contribution in [3.05, 3.63) is 0 Å². The fraction of sp³-hybridized carbons (Fsp3) is 1.00. The van der Waals surface area contributed by atoms with Gasteiger partial charge in [0.1, 0.15) is 0 Å². The topological polar surface area (TPSA) is 0 Å². The first kappa shape index (κ1) is 9.33. The molecule has 0 radical (unpaired) electrons. The summed E-state index contributed by atoms with van der Waals surface area (Å²) in [6.07, 6.45) is 0. The normalized spacial score (nSPS) is 3.50. The molecular weight excluding hydrogens is 153 g/mol. The van der Waals surface area contributed by atoms with Gasteiger partial charge in [0, 0.05) is 0 Å². The van der Waals surface area contributed by atoms with Crippen LogP contribution in [0.25, 0.3) is 0 Å². The van der Waals surface area contributed by atoms with Gasteiger partial charge in [0.2, 0.25) is 0 Å². The molecule has 0 bridgehead atoms. The van der Waals surface area contributed by atoms with Crippen LogP contribution < -0.4 is 0 Å². The van der Waals surface area contributed by atoms with Gasteiger partial charge < -0.3 is 0 Å². The molecule has 0 unspecified atom stereocenters. The van der Waals surface area contributed by atoms with Gasteiger partial charge in [-0.25, -0.2) is 0 Å². The van der Waals surface area contributed by atoms with Gasteiger partial charge in [-0.3, -0.25) is 0 Å². The van der Waals surface area contributed by atoms with E-state index in [9.17, 15) is 0 Å². The summed E-state index contributed by atoms with van der Waals surface area (Å²) in [6, 6.07) is 0. The summed E-state index contributed by atoms with van der Waals surface area (Å²) in [5.74, 6) is 0. The van der Waals surface area contributed by atoms with E-state index in [1.165, 1.54) is 0 Å². The van der Waals surface area contributed by atoms with Crippen LogP contribution >= 0.6 is 19.9 Å². The minimum atomic E-state index is 1.97. The molecular formula is CH3ILi2. The van der Waals surface area contributed by atoms with Crippen LogP contribution in [-0.2, 0) is 0 Å². The molecule has 0 heterocycles. The first-order valence-corrected chi connectivity index (χ1v) is 3.54. The number of hydrogen-bond acceptors (Lipinski definition) is 0. The molecule has 0 aliphatic carbocycles. The Morgan fingerprint density at radius 2 is 1.25 bits per heavy atom. The summed E-state index contributed by atoms with van der Waals surface area (Å²) in [7, 11) is 0. The Labute approximate surface area is 56.8 Å². The molecule has 0 aliphatic rings. The summed E-state index contributed by atoms with van der Waals surface area (Å²) in [6.45, 7) is 0. The fourth-order valence-electron chi connectivity index (χ4n) is 0. The average Bonchev–Trinajstić information content (AvgIpc) is 1.50. The summed E-state index contributed by atoms with van der Waals surface area (Å²) < 4.78 is 0. The van der Waals surface area contributed by atoms with E-state index in [1.54, 1.807) is 0 Å². The van der Waals surface area contributed by atoms with Gasteiger partial charge in [0.25, 0.3) is 0 Å². The average molecular weight is 156 g/mol. The molecule has 0 aromatic rings. The first-order chi connectivity index (χ1) is 2.00. The molecule has 0 saturated heterocycles. The van der Waals surface area contributed by atoms with E-state index in [4.69, 9.17) is 0 Å². The van der Waals surface area contributed by atoms with Crippen LogP contribution in [0.1, 0.15) is 0 Å². The van der Waals surface area contributed by atoms with E-state index < -0.39 is 0 Å². The van der Waals surface area contributed by atoms with Crippen LogP contribution in [-0.4, -0.2) is 32.0 Å². The second kappa shape index (κ2) is 20.5. The van der Waals surface area contributed by atoms with Crippen molar-refractivity contribution in [1.82, 2.24) is 0 Å². The van der Waals surface area contributed by atoms with E-state index in [2.05, 4.69) is 19.9 Å². The van der Waals surface area contributed by atoms with Gasteiger partial charge in [-0.2, -0.15) is 0 Å². The molecule has 16 valence electrons. The molecule has 0 N–H and O–H groups in total. The fourth-order valence-corrected chi connectivity index (χ4v) is 0. The number of halogens is 1. The quantitative estimate of drug-likeness (QED) is 0.357. The Kier molecular flexibility index (Phi) is 47.8. The van der Waals surface area contributed by atoms with Crippen LogP contribution in [0.5, 0.6) is 0 Å². The van der Waals surface area contributed by atoms with Gasteiger partial charge in [-0.15, -0.1) is 0 Å². The monoisotopic (exact) mass is 156 g/mol. The van der Waals surface area contributed by atoms with Crippen molar-refractivity contribution >= 4 is 51.9 Å².